The van der Waals surface area contributed by atoms with E-state index in [1.54, 1.807) is 13.0 Å². The zero-order valence-electron chi connectivity index (χ0n) is 19.1. The molecule has 0 amide bonds. The number of anilines is 3. The predicted octanol–water partition coefficient (Wildman–Crippen LogP) is 3.89. The maximum absolute atomic E-state index is 9.67. The highest BCUT2D eigenvalue weighted by Crippen LogP contribution is 2.38. The first-order chi connectivity index (χ1) is 16.4. The number of hydrogen-bond acceptors (Lipinski definition) is 9. The second-order valence-corrected chi connectivity index (χ2v) is 8.77. The van der Waals surface area contributed by atoms with Crippen LogP contribution in [0.3, 0.4) is 0 Å². The molecule has 3 N–H and O–H groups in total. The summed E-state index contributed by atoms with van der Waals surface area (Å²) in [7, 11) is 0. The standard InChI is InChI=1S/C23H26ClN9O.CH4/c1-3-27-21-22-28-12-17(11-26)33(22)31-23(30-21)29-19-9-15(10-25)8-18(20(19)24)16-4-6-32(7-5-16)13-14(2)34;/h8-9,12,14,16,34H,3-7,13H2,1-2H3,(H2,27,29,30,31);1H4/t14-;/m0./s1. The minimum absolute atomic E-state index is 0. The Hall–Kier alpha value is -3.44. The third kappa shape index (κ3) is 5.63. The van der Waals surface area contributed by atoms with Crippen LogP contribution in [0.1, 0.15) is 56.9 Å². The Labute approximate surface area is 210 Å². The normalized spacial score (nSPS) is 15.1. The number of aliphatic hydroxyl groups is 1. The summed E-state index contributed by atoms with van der Waals surface area (Å²) < 4.78 is 1.42. The molecule has 1 fully saturated rings. The Morgan fingerprint density at radius 2 is 2.00 bits per heavy atom. The fourth-order valence-electron chi connectivity index (χ4n) is 4.32. The molecular weight excluding hydrogens is 466 g/mol. The molecule has 184 valence electrons. The van der Waals surface area contributed by atoms with E-state index in [0.717, 1.165) is 31.5 Å². The fourth-order valence-corrected chi connectivity index (χ4v) is 4.63. The molecule has 0 bridgehead atoms. The van der Waals surface area contributed by atoms with E-state index in [-0.39, 0.29) is 31.1 Å². The van der Waals surface area contributed by atoms with Gasteiger partial charge in [0.25, 0.3) is 0 Å². The van der Waals surface area contributed by atoms with Crippen molar-refractivity contribution in [1.29, 1.82) is 10.5 Å². The van der Waals surface area contributed by atoms with Crippen LogP contribution in [0.2, 0.25) is 5.02 Å². The van der Waals surface area contributed by atoms with Crippen LogP contribution >= 0.6 is 11.6 Å². The summed E-state index contributed by atoms with van der Waals surface area (Å²) in [6.45, 7) is 6.71. The molecule has 0 spiro atoms. The minimum atomic E-state index is -0.362. The van der Waals surface area contributed by atoms with Crippen LogP contribution < -0.4 is 10.6 Å². The van der Waals surface area contributed by atoms with Crippen LogP contribution in [0.5, 0.6) is 0 Å². The van der Waals surface area contributed by atoms with E-state index in [1.807, 2.05) is 13.0 Å². The molecule has 1 saturated heterocycles. The lowest BCUT2D eigenvalue weighted by atomic mass is 9.88. The van der Waals surface area contributed by atoms with Crippen molar-refractivity contribution < 1.29 is 5.11 Å². The molecule has 0 radical (unpaired) electrons. The maximum Gasteiger partial charge on any atom is 0.247 e. The quantitative estimate of drug-likeness (QED) is 0.445. The van der Waals surface area contributed by atoms with Crippen molar-refractivity contribution in [2.45, 2.75) is 46.1 Å². The molecule has 1 aliphatic rings. The molecule has 1 aromatic carbocycles. The Balaban J connectivity index is 0.00000342. The van der Waals surface area contributed by atoms with Gasteiger partial charge >= 0.3 is 0 Å². The number of rotatable bonds is 7. The van der Waals surface area contributed by atoms with Crippen LogP contribution in [-0.2, 0) is 0 Å². The number of β-amino-alcohol motifs (C(OH)–C–C–N with tert-alkyl or cyclic N) is 1. The van der Waals surface area contributed by atoms with Gasteiger partial charge < -0.3 is 20.6 Å². The highest BCUT2D eigenvalue weighted by Gasteiger charge is 2.25. The first kappa shape index (κ1) is 26.2. The van der Waals surface area contributed by atoms with Crippen molar-refractivity contribution in [3.63, 3.8) is 0 Å². The van der Waals surface area contributed by atoms with Crippen molar-refractivity contribution >= 4 is 34.7 Å². The van der Waals surface area contributed by atoms with E-state index in [0.29, 0.717) is 40.8 Å². The first-order valence-corrected chi connectivity index (χ1v) is 11.6. The van der Waals surface area contributed by atoms with Gasteiger partial charge in [0.1, 0.15) is 6.07 Å². The number of halogens is 1. The number of nitrogens with zero attached hydrogens (tertiary/aromatic N) is 7. The van der Waals surface area contributed by atoms with Crippen LogP contribution in [0.25, 0.3) is 5.65 Å². The van der Waals surface area contributed by atoms with Gasteiger partial charge in [-0.05, 0) is 63.4 Å². The van der Waals surface area contributed by atoms with Gasteiger partial charge in [0.2, 0.25) is 5.95 Å². The molecule has 10 nitrogen and oxygen atoms in total. The molecule has 0 saturated carbocycles. The maximum atomic E-state index is 9.67. The number of aromatic nitrogens is 4. The van der Waals surface area contributed by atoms with Crippen LogP contribution in [-0.4, -0.2) is 61.9 Å². The molecule has 35 heavy (non-hydrogen) atoms. The van der Waals surface area contributed by atoms with Crippen molar-refractivity contribution in [3.8, 4) is 12.1 Å². The summed E-state index contributed by atoms with van der Waals surface area (Å²) in [5.41, 5.74) is 2.66. The van der Waals surface area contributed by atoms with Gasteiger partial charge in [0.15, 0.2) is 17.2 Å². The monoisotopic (exact) mass is 495 g/mol. The third-order valence-electron chi connectivity index (χ3n) is 5.85. The zero-order chi connectivity index (χ0) is 24.2. The van der Waals surface area contributed by atoms with Gasteiger partial charge in [0, 0.05) is 13.1 Å². The van der Waals surface area contributed by atoms with Crippen LogP contribution in [0.15, 0.2) is 18.3 Å². The number of hydrogen-bond donors (Lipinski definition) is 3. The Bertz CT molecular complexity index is 1270. The van der Waals surface area contributed by atoms with Gasteiger partial charge in [0.05, 0.1) is 34.6 Å². The average molecular weight is 496 g/mol. The van der Waals surface area contributed by atoms with E-state index in [2.05, 4.69) is 42.7 Å². The number of nitriles is 2. The lowest BCUT2D eigenvalue weighted by Crippen LogP contribution is -2.37. The van der Waals surface area contributed by atoms with Gasteiger partial charge in [-0.25, -0.2) is 4.98 Å². The minimum Gasteiger partial charge on any atom is -0.392 e. The van der Waals surface area contributed by atoms with Crippen molar-refractivity contribution in [1.82, 2.24) is 24.5 Å². The lowest BCUT2D eigenvalue weighted by Gasteiger charge is -2.33. The number of nitrogens with one attached hydrogen (secondary N) is 2. The molecule has 3 heterocycles. The first-order valence-electron chi connectivity index (χ1n) is 11.2. The van der Waals surface area contributed by atoms with Crippen LogP contribution in [0, 0.1) is 22.7 Å². The summed E-state index contributed by atoms with van der Waals surface area (Å²) in [6, 6.07) is 7.81. The largest absolute Gasteiger partial charge is 0.392 e. The molecule has 1 aliphatic heterocycles. The molecular formula is C24H30ClN9O. The highest BCUT2D eigenvalue weighted by atomic mass is 35.5. The number of imidazole rings is 1. The third-order valence-corrected chi connectivity index (χ3v) is 6.27. The number of fused-ring (bicyclic) bond motifs is 1. The van der Waals surface area contributed by atoms with Gasteiger partial charge in [-0.2, -0.15) is 20.0 Å². The molecule has 2 aromatic heterocycles. The summed E-state index contributed by atoms with van der Waals surface area (Å²) >= 11 is 6.83. The molecule has 4 rings (SSSR count). The fraction of sp³-hybridized carbons (Fsp3) is 0.458. The van der Waals surface area contributed by atoms with E-state index in [9.17, 15) is 15.6 Å². The van der Waals surface area contributed by atoms with E-state index < -0.39 is 0 Å². The Kier molecular flexibility index (Phi) is 8.47. The van der Waals surface area contributed by atoms with Crippen molar-refractivity contribution in [2.75, 3.05) is 36.8 Å². The van der Waals surface area contributed by atoms with Crippen molar-refractivity contribution in [2.24, 2.45) is 0 Å². The van der Waals surface area contributed by atoms with Gasteiger partial charge in [-0.15, -0.1) is 5.10 Å². The molecule has 0 aliphatic carbocycles. The van der Waals surface area contributed by atoms with Crippen LogP contribution in [0.4, 0.5) is 17.5 Å². The summed E-state index contributed by atoms with van der Waals surface area (Å²) in [6.07, 6.45) is 2.85. The van der Waals surface area contributed by atoms with Gasteiger partial charge in [-0.3, -0.25) is 0 Å². The average Bonchev–Trinajstić information content (AvgIpc) is 3.24. The van der Waals surface area contributed by atoms with E-state index in [1.165, 1.54) is 10.7 Å². The smallest absolute Gasteiger partial charge is 0.247 e. The summed E-state index contributed by atoms with van der Waals surface area (Å²) in [5.74, 6) is 0.915. The summed E-state index contributed by atoms with van der Waals surface area (Å²) in [5, 5.41) is 39.9. The lowest BCUT2D eigenvalue weighted by molar-refractivity contribution is 0.109. The second kappa shape index (κ2) is 11.3. The topological polar surface area (TPSA) is 138 Å². The number of piperidine rings is 1. The zero-order valence-corrected chi connectivity index (χ0v) is 19.8. The Morgan fingerprint density at radius 3 is 2.63 bits per heavy atom. The predicted molar refractivity (Wildman–Crippen MR) is 136 cm³/mol. The molecule has 1 atom stereocenters. The summed E-state index contributed by atoms with van der Waals surface area (Å²) in [4.78, 5) is 11.0. The highest BCUT2D eigenvalue weighted by molar-refractivity contribution is 6.34. The molecule has 11 heteroatoms. The number of likely N-dealkylation sites (tertiary alicyclic amines) is 1. The van der Waals surface area contributed by atoms with E-state index in [4.69, 9.17) is 11.6 Å². The SMILES string of the molecule is C.CCNc1nc(Nc2cc(C#N)cc(C3CCN(C[C@H](C)O)CC3)c2Cl)nn2c(C#N)cnc12. The van der Waals surface area contributed by atoms with E-state index >= 15 is 0 Å². The Morgan fingerprint density at radius 1 is 1.26 bits per heavy atom. The number of benzene rings is 1. The second-order valence-electron chi connectivity index (χ2n) is 8.39. The molecule has 3 aromatic rings. The van der Waals surface area contributed by atoms with Gasteiger partial charge in [-0.1, -0.05) is 19.0 Å². The number of aliphatic hydroxyl groups excluding tert-OH is 1. The van der Waals surface area contributed by atoms with Crippen molar-refractivity contribution in [3.05, 3.63) is 40.2 Å². The molecule has 0 unspecified atom stereocenters.